The molecule has 0 aliphatic carbocycles. The van der Waals surface area contributed by atoms with E-state index in [2.05, 4.69) is 59.1 Å². The molecule has 3 heterocycles. The van der Waals surface area contributed by atoms with E-state index in [1.54, 1.807) is 7.11 Å². The Morgan fingerprint density at radius 1 is 1.16 bits per heavy atom. The van der Waals surface area contributed by atoms with Gasteiger partial charge in [0, 0.05) is 23.8 Å². The van der Waals surface area contributed by atoms with E-state index in [9.17, 15) is 0 Å². The van der Waals surface area contributed by atoms with E-state index >= 15 is 0 Å². The van der Waals surface area contributed by atoms with Gasteiger partial charge >= 0.3 is 0 Å². The third kappa shape index (κ3) is 2.05. The smallest absolute Gasteiger partial charge is 0.231 e. The molecule has 0 unspecified atom stereocenters. The van der Waals surface area contributed by atoms with Crippen LogP contribution in [0.4, 0.5) is 0 Å². The fourth-order valence-corrected chi connectivity index (χ4v) is 4.08. The van der Waals surface area contributed by atoms with Crippen LogP contribution in [-0.2, 0) is 6.42 Å². The summed E-state index contributed by atoms with van der Waals surface area (Å²) in [6, 6.07) is 12.7. The molecule has 1 atom stereocenters. The standard InChI is InChI=1S/C20H20N2O3/c1-21-9-7-14-11-16-18(25-12-24-16)19(23-2)17(14)20(21)22-10-8-13-5-3-4-6-15(13)22/h3-6,8,10-11,20H,7,9,12H2,1-2H3/t20-/m0/s1. The van der Waals surface area contributed by atoms with E-state index in [-0.39, 0.29) is 13.0 Å². The maximum Gasteiger partial charge on any atom is 0.231 e. The van der Waals surface area contributed by atoms with Crippen molar-refractivity contribution in [2.75, 3.05) is 27.5 Å². The fraction of sp³-hybridized carbons (Fsp3) is 0.300. The zero-order valence-electron chi connectivity index (χ0n) is 14.4. The van der Waals surface area contributed by atoms with Crippen molar-refractivity contribution in [3.8, 4) is 17.2 Å². The summed E-state index contributed by atoms with van der Waals surface area (Å²) in [6.07, 6.45) is 3.19. The minimum atomic E-state index is 0.0631. The average molecular weight is 336 g/mol. The Morgan fingerprint density at radius 3 is 2.92 bits per heavy atom. The lowest BCUT2D eigenvalue weighted by atomic mass is 9.94. The first-order valence-electron chi connectivity index (χ1n) is 8.53. The van der Waals surface area contributed by atoms with Crippen LogP contribution in [0.25, 0.3) is 10.9 Å². The van der Waals surface area contributed by atoms with E-state index in [1.165, 1.54) is 22.0 Å². The SMILES string of the molecule is COc1c2c(cc3c1[C@H](n1ccc4ccccc41)N(C)CC3)OCO2. The third-order valence-corrected chi connectivity index (χ3v) is 5.25. The highest BCUT2D eigenvalue weighted by Gasteiger charge is 2.35. The number of hydrogen-bond donors (Lipinski definition) is 0. The molecule has 2 aromatic carbocycles. The van der Waals surface area contributed by atoms with Crippen LogP contribution in [0.3, 0.4) is 0 Å². The summed E-state index contributed by atoms with van der Waals surface area (Å²) in [5, 5.41) is 1.24. The van der Waals surface area contributed by atoms with E-state index in [4.69, 9.17) is 14.2 Å². The molecule has 0 N–H and O–H groups in total. The van der Waals surface area contributed by atoms with Crippen molar-refractivity contribution >= 4 is 10.9 Å². The van der Waals surface area contributed by atoms with E-state index in [1.807, 2.05) is 0 Å². The van der Waals surface area contributed by atoms with Gasteiger partial charge in [0.1, 0.15) is 6.17 Å². The monoisotopic (exact) mass is 336 g/mol. The minimum Gasteiger partial charge on any atom is -0.492 e. The second kappa shape index (κ2) is 5.43. The molecule has 0 amide bonds. The van der Waals surface area contributed by atoms with Gasteiger partial charge in [-0.25, -0.2) is 0 Å². The Kier molecular flexibility index (Phi) is 3.18. The predicted molar refractivity (Wildman–Crippen MR) is 95.5 cm³/mol. The lowest BCUT2D eigenvalue weighted by molar-refractivity contribution is 0.170. The van der Waals surface area contributed by atoms with Crippen molar-refractivity contribution in [2.24, 2.45) is 0 Å². The molecule has 0 fully saturated rings. The third-order valence-electron chi connectivity index (χ3n) is 5.25. The number of nitrogens with zero attached hydrogens (tertiary/aromatic N) is 2. The normalized spacial score (nSPS) is 19.2. The van der Waals surface area contributed by atoms with Crippen LogP contribution in [0, 0.1) is 0 Å². The highest BCUT2D eigenvalue weighted by molar-refractivity contribution is 5.80. The summed E-state index contributed by atoms with van der Waals surface area (Å²) in [7, 11) is 3.86. The molecule has 0 spiro atoms. The summed E-state index contributed by atoms with van der Waals surface area (Å²) < 4.78 is 19.4. The van der Waals surface area contributed by atoms with Gasteiger partial charge in [-0.1, -0.05) is 18.2 Å². The molecule has 0 bridgehead atoms. The van der Waals surface area contributed by atoms with Crippen molar-refractivity contribution in [2.45, 2.75) is 12.6 Å². The van der Waals surface area contributed by atoms with Crippen molar-refractivity contribution in [1.82, 2.24) is 9.47 Å². The predicted octanol–water partition coefficient (Wildman–Crippen LogP) is 3.41. The Balaban J connectivity index is 1.77. The van der Waals surface area contributed by atoms with Crippen LogP contribution in [0.1, 0.15) is 17.3 Å². The lowest BCUT2D eigenvalue weighted by Gasteiger charge is -2.37. The molecular weight excluding hydrogens is 316 g/mol. The Morgan fingerprint density at radius 2 is 2.04 bits per heavy atom. The van der Waals surface area contributed by atoms with Gasteiger partial charge in [-0.15, -0.1) is 0 Å². The van der Waals surface area contributed by atoms with Crippen molar-refractivity contribution in [3.05, 3.63) is 53.7 Å². The first-order valence-corrected chi connectivity index (χ1v) is 8.53. The number of benzene rings is 2. The van der Waals surface area contributed by atoms with Crippen LogP contribution in [0.2, 0.25) is 0 Å². The number of methoxy groups -OCH3 is 1. The second-order valence-electron chi connectivity index (χ2n) is 6.60. The van der Waals surface area contributed by atoms with Gasteiger partial charge in [0.2, 0.25) is 12.5 Å². The molecule has 2 aliphatic heterocycles. The van der Waals surface area contributed by atoms with Crippen LogP contribution in [-0.4, -0.2) is 37.0 Å². The number of para-hydroxylation sites is 1. The molecule has 5 rings (SSSR count). The average Bonchev–Trinajstić information content (AvgIpc) is 3.26. The summed E-state index contributed by atoms with van der Waals surface area (Å²) >= 11 is 0. The maximum atomic E-state index is 5.80. The van der Waals surface area contributed by atoms with E-state index < -0.39 is 0 Å². The van der Waals surface area contributed by atoms with Gasteiger partial charge in [-0.3, -0.25) is 4.90 Å². The molecule has 2 aliphatic rings. The number of aromatic nitrogens is 1. The van der Waals surface area contributed by atoms with Crippen molar-refractivity contribution in [1.29, 1.82) is 0 Å². The molecule has 0 radical (unpaired) electrons. The molecular formula is C20H20N2O3. The number of hydrogen-bond acceptors (Lipinski definition) is 4. The molecule has 0 saturated heterocycles. The highest BCUT2D eigenvalue weighted by atomic mass is 16.7. The van der Waals surface area contributed by atoms with Crippen LogP contribution in [0.15, 0.2) is 42.6 Å². The largest absolute Gasteiger partial charge is 0.492 e. The molecule has 1 aromatic heterocycles. The van der Waals surface area contributed by atoms with Crippen molar-refractivity contribution in [3.63, 3.8) is 0 Å². The maximum absolute atomic E-state index is 5.80. The number of ether oxygens (including phenoxy) is 3. The quantitative estimate of drug-likeness (QED) is 0.718. The summed E-state index contributed by atoms with van der Waals surface area (Å²) in [5.74, 6) is 2.30. The van der Waals surface area contributed by atoms with Crippen LogP contribution < -0.4 is 14.2 Å². The zero-order chi connectivity index (χ0) is 17.0. The first kappa shape index (κ1) is 14.7. The Hall–Kier alpha value is -2.66. The molecule has 25 heavy (non-hydrogen) atoms. The van der Waals surface area contributed by atoms with Gasteiger partial charge in [0.25, 0.3) is 0 Å². The fourth-order valence-electron chi connectivity index (χ4n) is 4.08. The first-order chi connectivity index (χ1) is 12.3. The van der Waals surface area contributed by atoms with Gasteiger partial charge in [-0.05, 0) is 42.6 Å². The summed E-state index contributed by atoms with van der Waals surface area (Å²) in [6.45, 7) is 1.23. The Labute approximate surface area is 146 Å². The number of rotatable bonds is 2. The number of likely N-dealkylation sites (N-methyl/N-ethyl adjacent to an activating group) is 1. The highest BCUT2D eigenvalue weighted by Crippen LogP contribution is 2.50. The van der Waals surface area contributed by atoms with Crippen LogP contribution >= 0.6 is 0 Å². The molecule has 5 heteroatoms. The zero-order valence-corrected chi connectivity index (χ0v) is 14.4. The Bertz CT molecular complexity index is 963. The number of fused-ring (bicyclic) bond motifs is 3. The molecule has 3 aromatic rings. The van der Waals surface area contributed by atoms with E-state index in [0.29, 0.717) is 0 Å². The molecule has 128 valence electrons. The van der Waals surface area contributed by atoms with Crippen molar-refractivity contribution < 1.29 is 14.2 Å². The van der Waals surface area contributed by atoms with E-state index in [0.717, 1.165) is 30.2 Å². The minimum absolute atomic E-state index is 0.0631. The molecule has 5 nitrogen and oxygen atoms in total. The summed E-state index contributed by atoms with van der Waals surface area (Å²) in [5.41, 5.74) is 3.65. The van der Waals surface area contributed by atoms with Gasteiger partial charge in [0.05, 0.1) is 7.11 Å². The van der Waals surface area contributed by atoms with Gasteiger partial charge < -0.3 is 18.8 Å². The summed E-state index contributed by atoms with van der Waals surface area (Å²) in [4.78, 5) is 2.36. The molecule has 0 saturated carbocycles. The topological polar surface area (TPSA) is 35.9 Å². The van der Waals surface area contributed by atoms with Gasteiger partial charge in [-0.2, -0.15) is 0 Å². The lowest BCUT2D eigenvalue weighted by Crippen LogP contribution is -2.36. The van der Waals surface area contributed by atoms with Crippen LogP contribution in [0.5, 0.6) is 17.2 Å². The van der Waals surface area contributed by atoms with Gasteiger partial charge in [0.15, 0.2) is 11.5 Å². The second-order valence-corrected chi connectivity index (χ2v) is 6.60.